The minimum Gasteiger partial charge on any atom is -0.414 e. The summed E-state index contributed by atoms with van der Waals surface area (Å²) in [5, 5.41) is 6.97. The van der Waals surface area contributed by atoms with Gasteiger partial charge in [0.25, 0.3) is 0 Å². The summed E-state index contributed by atoms with van der Waals surface area (Å²) < 4.78 is 6.99. The number of unbranched alkanes of at least 4 members (excludes halogenated alkanes) is 2. The first-order valence-corrected chi connectivity index (χ1v) is 16.6. The number of nitrogens with one attached hydrogen (secondary N) is 2. The molecular weight excluding hydrogens is 426 g/mol. The van der Waals surface area contributed by atoms with Crippen LogP contribution in [0.1, 0.15) is 91.9 Å². The molecule has 0 saturated carbocycles. The van der Waals surface area contributed by atoms with Gasteiger partial charge in [0.05, 0.1) is 0 Å². The Hall–Kier alpha value is -0.693. The van der Waals surface area contributed by atoms with Gasteiger partial charge in [-0.15, -0.1) is 0 Å². The third kappa shape index (κ3) is 9.83. The Morgan fingerprint density at radius 1 is 1.15 bits per heavy atom. The lowest BCUT2D eigenvalue weighted by atomic mass is 9.94. The average molecular weight is 480 g/mol. The predicted molar refractivity (Wildman–Crippen MR) is 143 cm³/mol. The summed E-state index contributed by atoms with van der Waals surface area (Å²) in [6, 6.07) is 0.656. The fourth-order valence-corrected chi connectivity index (χ4v) is 6.18. The van der Waals surface area contributed by atoms with E-state index >= 15 is 0 Å². The summed E-state index contributed by atoms with van der Waals surface area (Å²) in [7, 11) is -1.83. The molecule has 33 heavy (non-hydrogen) atoms. The molecule has 3 unspecified atom stereocenters. The van der Waals surface area contributed by atoms with Crippen molar-refractivity contribution in [2.75, 3.05) is 26.2 Å². The lowest BCUT2D eigenvalue weighted by Gasteiger charge is -2.43. The second-order valence-corrected chi connectivity index (χ2v) is 16.5. The van der Waals surface area contributed by atoms with Crippen LogP contribution in [0, 0.1) is 0 Å². The Kier molecular flexibility index (Phi) is 12.1. The molecule has 0 aliphatic carbocycles. The average Bonchev–Trinajstić information content (AvgIpc) is 2.74. The molecule has 2 heterocycles. The van der Waals surface area contributed by atoms with E-state index in [0.29, 0.717) is 24.6 Å². The van der Waals surface area contributed by atoms with Crippen molar-refractivity contribution in [3.63, 3.8) is 0 Å². The van der Waals surface area contributed by atoms with E-state index in [9.17, 15) is 4.79 Å². The molecule has 0 spiro atoms. The largest absolute Gasteiger partial charge is 0.414 e. The summed E-state index contributed by atoms with van der Waals surface area (Å²) >= 11 is 0. The molecule has 2 aliphatic heterocycles. The van der Waals surface area contributed by atoms with Gasteiger partial charge in [-0.05, 0) is 69.7 Å². The fourth-order valence-electron chi connectivity index (χ4n) is 4.78. The highest BCUT2D eigenvalue weighted by molar-refractivity contribution is 6.74. The maximum atomic E-state index is 12.6. The van der Waals surface area contributed by atoms with Gasteiger partial charge in [0.15, 0.2) is 8.32 Å². The molecule has 192 valence electrons. The predicted octanol–water partition coefficient (Wildman–Crippen LogP) is 5.63. The minimum atomic E-state index is -1.83. The lowest BCUT2D eigenvalue weighted by Crippen LogP contribution is -2.50. The van der Waals surface area contributed by atoms with Gasteiger partial charge in [0.2, 0.25) is 5.91 Å². The highest BCUT2D eigenvalue weighted by atomic mass is 28.4. The molecule has 6 heteroatoms. The van der Waals surface area contributed by atoms with Crippen molar-refractivity contribution < 1.29 is 9.22 Å². The second kappa shape index (κ2) is 14.0. The fraction of sp³-hybridized carbons (Fsp3) is 0.889. The molecule has 2 N–H and O–H groups in total. The maximum absolute atomic E-state index is 12.6. The van der Waals surface area contributed by atoms with Crippen LogP contribution in [0.5, 0.6) is 0 Å². The van der Waals surface area contributed by atoms with Gasteiger partial charge in [-0.2, -0.15) is 0 Å². The first-order chi connectivity index (χ1) is 15.6. The van der Waals surface area contributed by atoms with Crippen LogP contribution in [-0.2, 0) is 9.22 Å². The van der Waals surface area contributed by atoms with Gasteiger partial charge in [0, 0.05) is 37.7 Å². The Morgan fingerprint density at radius 3 is 2.61 bits per heavy atom. The number of amides is 1. The molecule has 2 aliphatic rings. The monoisotopic (exact) mass is 479 g/mol. The van der Waals surface area contributed by atoms with E-state index in [1.807, 2.05) is 0 Å². The number of hydrogen-bond donors (Lipinski definition) is 2. The molecule has 0 aromatic carbocycles. The number of rotatable bonds is 8. The topological polar surface area (TPSA) is 53.6 Å². The summed E-state index contributed by atoms with van der Waals surface area (Å²) in [6.07, 6.45) is 15.9. The van der Waals surface area contributed by atoms with Crippen LogP contribution in [-0.4, -0.2) is 63.5 Å². The van der Waals surface area contributed by atoms with Crippen LogP contribution in [0.3, 0.4) is 0 Å². The Morgan fingerprint density at radius 2 is 1.88 bits per heavy atom. The van der Waals surface area contributed by atoms with Crippen LogP contribution < -0.4 is 10.6 Å². The third-order valence-electron chi connectivity index (χ3n) is 7.86. The number of fused-ring (bicyclic) bond motifs is 1. The van der Waals surface area contributed by atoms with Gasteiger partial charge in [-0.3, -0.25) is 9.69 Å². The first kappa shape index (κ1) is 28.5. The van der Waals surface area contributed by atoms with Crippen molar-refractivity contribution in [3.8, 4) is 0 Å². The van der Waals surface area contributed by atoms with Gasteiger partial charge in [0.1, 0.15) is 0 Å². The quantitative estimate of drug-likeness (QED) is 0.269. The smallest absolute Gasteiger partial charge is 0.221 e. The van der Waals surface area contributed by atoms with E-state index in [-0.39, 0.29) is 10.9 Å². The van der Waals surface area contributed by atoms with Crippen molar-refractivity contribution in [2.24, 2.45) is 0 Å². The maximum Gasteiger partial charge on any atom is 0.221 e. The van der Waals surface area contributed by atoms with Crippen molar-refractivity contribution in [2.45, 2.75) is 128 Å². The lowest BCUT2D eigenvalue weighted by molar-refractivity contribution is -0.122. The van der Waals surface area contributed by atoms with Crippen LogP contribution in [0.4, 0.5) is 0 Å². The second-order valence-electron chi connectivity index (χ2n) is 11.7. The van der Waals surface area contributed by atoms with Crippen LogP contribution in [0.15, 0.2) is 12.2 Å². The van der Waals surface area contributed by atoms with Crippen molar-refractivity contribution in [1.82, 2.24) is 15.5 Å². The van der Waals surface area contributed by atoms with Crippen LogP contribution in [0.2, 0.25) is 18.1 Å². The highest BCUT2D eigenvalue weighted by Crippen LogP contribution is 2.39. The Balaban J connectivity index is 2.15. The molecule has 1 fully saturated rings. The molecule has 3 atom stereocenters. The van der Waals surface area contributed by atoms with E-state index in [1.165, 1.54) is 19.3 Å². The number of hydrogen-bond acceptors (Lipinski definition) is 4. The minimum absolute atomic E-state index is 0.211. The van der Waals surface area contributed by atoms with Gasteiger partial charge < -0.3 is 15.1 Å². The number of carbonyl (C=O) groups excluding carboxylic acids is 1. The van der Waals surface area contributed by atoms with Gasteiger partial charge >= 0.3 is 0 Å². The molecule has 0 radical (unpaired) electrons. The SMILES string of the molecule is CCCCCC(CC1C=CCC2CC(=O)NCCCCNCCCN12)O[Si](C)(C)C(C)(C)C. The normalized spacial score (nSPS) is 25.3. The van der Waals surface area contributed by atoms with E-state index in [4.69, 9.17) is 4.43 Å². The van der Waals surface area contributed by atoms with Crippen LogP contribution in [0.25, 0.3) is 0 Å². The van der Waals surface area contributed by atoms with E-state index in [0.717, 1.165) is 64.7 Å². The third-order valence-corrected chi connectivity index (χ3v) is 12.4. The van der Waals surface area contributed by atoms with Crippen LogP contribution >= 0.6 is 0 Å². The van der Waals surface area contributed by atoms with Crippen molar-refractivity contribution in [3.05, 3.63) is 12.2 Å². The zero-order chi connectivity index (χ0) is 24.3. The summed E-state index contributed by atoms with van der Waals surface area (Å²) in [4.78, 5) is 15.3. The molecule has 0 bridgehead atoms. The summed E-state index contributed by atoms with van der Waals surface area (Å²) in [6.45, 7) is 18.0. The molecule has 1 saturated heterocycles. The zero-order valence-corrected chi connectivity index (χ0v) is 23.5. The Labute approximate surface area is 205 Å². The zero-order valence-electron chi connectivity index (χ0n) is 22.5. The summed E-state index contributed by atoms with van der Waals surface area (Å²) in [5.41, 5.74) is 0. The van der Waals surface area contributed by atoms with Gasteiger partial charge in [-0.1, -0.05) is 59.1 Å². The Bertz CT molecular complexity index is 603. The first-order valence-electron chi connectivity index (χ1n) is 13.7. The molecule has 5 nitrogen and oxygen atoms in total. The molecule has 0 aromatic heterocycles. The van der Waals surface area contributed by atoms with E-state index in [1.54, 1.807) is 0 Å². The standard InChI is InChI=1S/C27H53N3O2Si/c1-7-8-9-16-25(32-33(5,6)27(2,3)4)21-23-14-12-15-24-22-26(31)29-19-11-10-17-28-18-13-20-30(23)24/h12,14,23-25,28H,7-11,13,15-22H2,1-6H3,(H,29,31). The van der Waals surface area contributed by atoms with Gasteiger partial charge in [-0.25, -0.2) is 0 Å². The number of carbonyl (C=O) groups is 1. The van der Waals surface area contributed by atoms with Crippen molar-refractivity contribution in [1.29, 1.82) is 0 Å². The molecular formula is C27H53N3O2Si. The van der Waals surface area contributed by atoms with E-state index in [2.05, 4.69) is 68.5 Å². The summed E-state index contributed by atoms with van der Waals surface area (Å²) in [5.74, 6) is 0.211. The van der Waals surface area contributed by atoms with Crippen molar-refractivity contribution >= 4 is 14.2 Å². The van der Waals surface area contributed by atoms with E-state index < -0.39 is 8.32 Å². The number of nitrogens with zero attached hydrogens (tertiary/aromatic N) is 1. The molecule has 2 rings (SSSR count). The molecule has 1 amide bonds. The molecule has 0 aromatic rings. The highest BCUT2D eigenvalue weighted by Gasteiger charge is 2.40.